The smallest absolute Gasteiger partial charge is 0.330 e. The molecule has 3 unspecified atom stereocenters. The summed E-state index contributed by atoms with van der Waals surface area (Å²) in [6.07, 6.45) is 0.0854. The summed E-state index contributed by atoms with van der Waals surface area (Å²) in [6.45, 7) is 2.69. The van der Waals surface area contributed by atoms with Crippen molar-refractivity contribution in [3.05, 3.63) is 35.9 Å². The number of benzene rings is 1. The summed E-state index contributed by atoms with van der Waals surface area (Å²) in [5, 5.41) is 1.81. The van der Waals surface area contributed by atoms with Gasteiger partial charge in [0.05, 0.1) is 22.0 Å². The van der Waals surface area contributed by atoms with E-state index in [2.05, 4.69) is 5.32 Å². The van der Waals surface area contributed by atoms with Crippen LogP contribution in [0.1, 0.15) is 19.4 Å². The lowest BCUT2D eigenvalue weighted by Gasteiger charge is -2.43. The SMILES string of the molecule is CC1(C)C(C(=O)OCC(Cl)(Cl)Cl)N2C(=O)C(NC(=O)Cc3ccccc3)[C@@H]2S1=O. The van der Waals surface area contributed by atoms with E-state index in [9.17, 15) is 18.6 Å². The molecule has 0 radical (unpaired) electrons. The Balaban J connectivity index is 1.71. The van der Waals surface area contributed by atoms with Crippen LogP contribution in [0.15, 0.2) is 30.3 Å². The van der Waals surface area contributed by atoms with Gasteiger partial charge >= 0.3 is 5.97 Å². The molecule has 0 spiro atoms. The third-order valence-electron chi connectivity index (χ3n) is 4.88. The molecule has 2 fully saturated rings. The van der Waals surface area contributed by atoms with Gasteiger partial charge < -0.3 is 15.0 Å². The maximum atomic E-state index is 13.0. The van der Waals surface area contributed by atoms with Crippen molar-refractivity contribution in [2.45, 2.75) is 46.3 Å². The topological polar surface area (TPSA) is 92.8 Å². The third kappa shape index (κ3) is 4.40. The maximum Gasteiger partial charge on any atom is 0.330 e. The fourth-order valence-corrected chi connectivity index (χ4v) is 5.59. The zero-order valence-electron chi connectivity index (χ0n) is 15.6. The summed E-state index contributed by atoms with van der Waals surface area (Å²) >= 11 is 16.8. The largest absolute Gasteiger partial charge is 0.460 e. The second-order valence-corrected chi connectivity index (χ2v) is 12.0. The molecule has 29 heavy (non-hydrogen) atoms. The first-order valence-electron chi connectivity index (χ1n) is 8.73. The summed E-state index contributed by atoms with van der Waals surface area (Å²) in [6, 6.07) is 6.97. The van der Waals surface area contributed by atoms with E-state index in [1.54, 1.807) is 38.1 Å². The maximum absolute atomic E-state index is 13.0. The lowest BCUT2D eigenvalue weighted by molar-refractivity contribution is -0.164. The minimum absolute atomic E-state index is 0.0854. The number of ether oxygens (including phenoxy) is 1. The molecule has 2 heterocycles. The highest BCUT2D eigenvalue weighted by atomic mass is 35.6. The molecular formula is C18H19Cl3N2O5S. The summed E-state index contributed by atoms with van der Waals surface area (Å²) < 4.78 is 15.1. The Labute approximate surface area is 185 Å². The first-order chi connectivity index (χ1) is 13.4. The molecule has 7 nitrogen and oxygen atoms in total. The van der Waals surface area contributed by atoms with E-state index in [4.69, 9.17) is 39.5 Å². The molecule has 0 bridgehead atoms. The van der Waals surface area contributed by atoms with Crippen molar-refractivity contribution in [1.82, 2.24) is 10.2 Å². The number of esters is 1. The van der Waals surface area contributed by atoms with Gasteiger partial charge in [0.2, 0.25) is 15.6 Å². The molecule has 1 aromatic carbocycles. The van der Waals surface area contributed by atoms with Crippen molar-refractivity contribution in [2.75, 3.05) is 6.61 Å². The number of hydrogen-bond acceptors (Lipinski definition) is 5. The number of fused-ring (bicyclic) bond motifs is 1. The Hall–Kier alpha value is -1.35. The van der Waals surface area contributed by atoms with Crippen LogP contribution in [0, 0.1) is 0 Å². The molecule has 2 aliphatic rings. The summed E-state index contributed by atoms with van der Waals surface area (Å²) in [7, 11) is -1.62. The fraction of sp³-hybridized carbons (Fsp3) is 0.500. The van der Waals surface area contributed by atoms with Gasteiger partial charge in [0.25, 0.3) is 0 Å². The monoisotopic (exact) mass is 480 g/mol. The lowest BCUT2D eigenvalue weighted by atomic mass is 9.96. The minimum Gasteiger partial charge on any atom is -0.460 e. The zero-order chi connectivity index (χ0) is 21.6. The normalized spacial score (nSPS) is 27.8. The second kappa shape index (κ2) is 8.06. The highest BCUT2D eigenvalue weighted by Crippen LogP contribution is 2.44. The molecular weight excluding hydrogens is 463 g/mol. The van der Waals surface area contributed by atoms with Crippen LogP contribution >= 0.6 is 34.8 Å². The van der Waals surface area contributed by atoms with Crippen molar-refractivity contribution in [1.29, 1.82) is 0 Å². The fourth-order valence-electron chi connectivity index (χ4n) is 3.51. The molecule has 11 heteroatoms. The van der Waals surface area contributed by atoms with Gasteiger partial charge in [-0.15, -0.1) is 0 Å². The van der Waals surface area contributed by atoms with Gasteiger partial charge in [-0.3, -0.25) is 13.8 Å². The molecule has 4 atom stereocenters. The summed E-state index contributed by atoms with van der Waals surface area (Å²) in [5.74, 6) is -1.67. The van der Waals surface area contributed by atoms with E-state index in [1.165, 1.54) is 4.90 Å². The molecule has 2 amide bonds. The quantitative estimate of drug-likeness (QED) is 0.393. The van der Waals surface area contributed by atoms with E-state index >= 15 is 0 Å². The summed E-state index contributed by atoms with van der Waals surface area (Å²) in [5.41, 5.74) is 0.787. The van der Waals surface area contributed by atoms with Crippen LogP contribution in [0.25, 0.3) is 0 Å². The average molecular weight is 482 g/mol. The Morgan fingerprint density at radius 1 is 1.24 bits per heavy atom. The highest BCUT2D eigenvalue weighted by molar-refractivity contribution is 7.87. The third-order valence-corrected chi connectivity index (χ3v) is 7.41. The Kier molecular flexibility index (Phi) is 6.21. The Morgan fingerprint density at radius 2 is 1.86 bits per heavy atom. The molecule has 0 aliphatic carbocycles. The molecule has 0 aromatic heterocycles. The van der Waals surface area contributed by atoms with Crippen molar-refractivity contribution in [2.24, 2.45) is 0 Å². The van der Waals surface area contributed by atoms with E-state index in [-0.39, 0.29) is 12.3 Å². The van der Waals surface area contributed by atoms with Crippen molar-refractivity contribution in [3.8, 4) is 0 Å². The zero-order valence-corrected chi connectivity index (χ0v) is 18.6. The van der Waals surface area contributed by atoms with Gasteiger partial charge in [-0.1, -0.05) is 65.1 Å². The van der Waals surface area contributed by atoms with Crippen LogP contribution in [-0.4, -0.2) is 59.5 Å². The number of carbonyl (C=O) groups is 3. The van der Waals surface area contributed by atoms with Gasteiger partial charge in [0.1, 0.15) is 24.1 Å². The summed E-state index contributed by atoms with van der Waals surface area (Å²) in [4.78, 5) is 38.7. The average Bonchev–Trinajstić information content (AvgIpc) is 2.82. The van der Waals surface area contributed by atoms with Gasteiger partial charge in [-0.05, 0) is 19.4 Å². The predicted octanol–water partition coefficient (Wildman–Crippen LogP) is 1.71. The Bertz CT molecular complexity index is 859. The van der Waals surface area contributed by atoms with E-state index in [0.29, 0.717) is 0 Å². The van der Waals surface area contributed by atoms with Crippen LogP contribution in [0.3, 0.4) is 0 Å². The molecule has 2 saturated heterocycles. The van der Waals surface area contributed by atoms with Crippen LogP contribution in [0.2, 0.25) is 0 Å². The first kappa shape index (κ1) is 22.3. The number of amides is 2. The lowest BCUT2D eigenvalue weighted by Crippen LogP contribution is -2.71. The molecule has 2 aliphatic heterocycles. The number of nitrogens with one attached hydrogen (secondary N) is 1. The molecule has 3 rings (SSSR count). The molecule has 158 valence electrons. The number of carbonyl (C=O) groups excluding carboxylic acids is 3. The number of halogens is 3. The minimum atomic E-state index is -1.80. The van der Waals surface area contributed by atoms with Crippen LogP contribution < -0.4 is 5.32 Å². The molecule has 1 N–H and O–H groups in total. The van der Waals surface area contributed by atoms with E-state index in [0.717, 1.165) is 5.56 Å². The van der Waals surface area contributed by atoms with Gasteiger partial charge in [-0.25, -0.2) is 4.79 Å². The number of β-lactam (4-membered cyclic amide) rings is 1. The standard InChI is InChI=1S/C18H19Cl3N2O5S/c1-17(2)13(16(26)28-9-18(19,20)21)23-14(25)12(15(23)29(17)27)22-11(24)8-10-6-4-3-5-7-10/h3-7,12-13,15H,8-9H2,1-2H3,(H,22,24)/t12?,13?,15-,29?/m0/s1. The van der Waals surface area contributed by atoms with E-state index in [1.807, 2.05) is 6.07 Å². The number of nitrogens with zero attached hydrogens (tertiary/aromatic N) is 1. The van der Waals surface area contributed by atoms with Gasteiger partial charge in [-0.2, -0.15) is 0 Å². The second-order valence-electron chi connectivity index (χ2n) is 7.37. The van der Waals surface area contributed by atoms with Crippen LogP contribution in [-0.2, 0) is 36.3 Å². The van der Waals surface area contributed by atoms with Crippen molar-refractivity contribution < 1.29 is 23.3 Å². The highest BCUT2D eigenvalue weighted by Gasteiger charge is 2.68. The van der Waals surface area contributed by atoms with Crippen molar-refractivity contribution >= 4 is 63.4 Å². The Morgan fingerprint density at radius 3 is 2.45 bits per heavy atom. The number of alkyl halides is 3. The van der Waals surface area contributed by atoms with Crippen LogP contribution in [0.5, 0.6) is 0 Å². The first-order valence-corrected chi connectivity index (χ1v) is 11.1. The predicted molar refractivity (Wildman–Crippen MR) is 110 cm³/mol. The van der Waals surface area contributed by atoms with Crippen LogP contribution in [0.4, 0.5) is 0 Å². The molecule has 0 saturated carbocycles. The van der Waals surface area contributed by atoms with Gasteiger partial charge in [0.15, 0.2) is 0 Å². The number of rotatable bonds is 5. The van der Waals surface area contributed by atoms with Crippen molar-refractivity contribution in [3.63, 3.8) is 0 Å². The molecule has 1 aromatic rings. The van der Waals surface area contributed by atoms with E-state index < -0.39 is 55.3 Å². The number of hydrogen-bond donors (Lipinski definition) is 1. The van der Waals surface area contributed by atoms with Gasteiger partial charge in [0, 0.05) is 0 Å².